The maximum absolute atomic E-state index is 13.1. The van der Waals surface area contributed by atoms with Crippen LogP contribution in [0, 0.1) is 0 Å². The minimum Gasteiger partial charge on any atom is -0.495 e. The van der Waals surface area contributed by atoms with Crippen molar-refractivity contribution in [2.75, 3.05) is 26.5 Å². The molecule has 154 valence electrons. The number of anilines is 2. The van der Waals surface area contributed by atoms with E-state index in [9.17, 15) is 9.59 Å². The van der Waals surface area contributed by atoms with Crippen LogP contribution < -0.4 is 15.4 Å². The van der Waals surface area contributed by atoms with E-state index in [1.54, 1.807) is 56.6 Å². The van der Waals surface area contributed by atoms with Gasteiger partial charge in [0.15, 0.2) is 0 Å². The van der Waals surface area contributed by atoms with Crippen molar-refractivity contribution >= 4 is 23.3 Å². The van der Waals surface area contributed by atoms with Crippen molar-refractivity contribution in [1.82, 2.24) is 15.2 Å². The number of rotatable bonds is 7. The third-order valence-electron chi connectivity index (χ3n) is 4.61. The van der Waals surface area contributed by atoms with Gasteiger partial charge in [-0.25, -0.2) is 4.98 Å². The summed E-state index contributed by atoms with van der Waals surface area (Å²) in [6.45, 7) is 0.399. The predicted octanol–water partition coefficient (Wildman–Crippen LogP) is 3.47. The van der Waals surface area contributed by atoms with Crippen LogP contribution in [0.4, 0.5) is 11.5 Å². The summed E-state index contributed by atoms with van der Waals surface area (Å²) in [4.78, 5) is 30.7. The van der Waals surface area contributed by atoms with E-state index < -0.39 is 0 Å². The summed E-state index contributed by atoms with van der Waals surface area (Å²) in [5.41, 5.74) is 2.67. The number of ether oxygens (including phenoxy) is 1. The van der Waals surface area contributed by atoms with Gasteiger partial charge in [-0.3, -0.25) is 9.59 Å². The fourth-order valence-corrected chi connectivity index (χ4v) is 3.01. The standard InChI is InChI=1S/C23H24N4O3/c1-24-22(28)17-12-10-16(11-13-17)15-27(2)23(29)18-7-6-14-25-21(18)26-19-8-4-5-9-20(19)30-3/h4-14H,15H2,1-3H3,(H,24,28)(H,25,26). The van der Waals surface area contributed by atoms with Gasteiger partial charge in [-0.15, -0.1) is 0 Å². The monoisotopic (exact) mass is 404 g/mol. The summed E-state index contributed by atoms with van der Waals surface area (Å²) in [5, 5.41) is 5.78. The van der Waals surface area contributed by atoms with Crippen molar-refractivity contribution in [1.29, 1.82) is 0 Å². The second-order valence-corrected chi connectivity index (χ2v) is 6.66. The Morgan fingerprint density at radius 2 is 1.77 bits per heavy atom. The van der Waals surface area contributed by atoms with Crippen molar-refractivity contribution in [2.45, 2.75) is 6.54 Å². The zero-order valence-electron chi connectivity index (χ0n) is 17.2. The van der Waals surface area contributed by atoms with Crippen molar-refractivity contribution in [3.8, 4) is 5.75 Å². The zero-order valence-corrected chi connectivity index (χ0v) is 17.2. The van der Waals surface area contributed by atoms with Crippen molar-refractivity contribution < 1.29 is 14.3 Å². The third kappa shape index (κ3) is 4.75. The molecule has 7 nitrogen and oxygen atoms in total. The van der Waals surface area contributed by atoms with E-state index in [2.05, 4.69) is 15.6 Å². The predicted molar refractivity (Wildman–Crippen MR) is 116 cm³/mol. The molecular weight excluding hydrogens is 380 g/mol. The van der Waals surface area contributed by atoms with Gasteiger partial charge in [0.25, 0.3) is 11.8 Å². The molecule has 0 spiro atoms. The highest BCUT2D eigenvalue weighted by Crippen LogP contribution is 2.28. The number of carbonyl (C=O) groups excluding carboxylic acids is 2. The maximum atomic E-state index is 13.1. The molecule has 30 heavy (non-hydrogen) atoms. The fourth-order valence-electron chi connectivity index (χ4n) is 3.01. The molecule has 3 aromatic rings. The van der Waals surface area contributed by atoms with Crippen molar-refractivity contribution in [2.24, 2.45) is 0 Å². The van der Waals surface area contributed by atoms with Gasteiger partial charge in [0.05, 0.1) is 18.4 Å². The number of nitrogens with one attached hydrogen (secondary N) is 2. The molecule has 0 atom stereocenters. The van der Waals surface area contributed by atoms with Crippen LogP contribution in [0.2, 0.25) is 0 Å². The van der Waals surface area contributed by atoms with E-state index in [0.29, 0.717) is 29.2 Å². The van der Waals surface area contributed by atoms with Gasteiger partial charge in [-0.1, -0.05) is 24.3 Å². The summed E-state index contributed by atoms with van der Waals surface area (Å²) >= 11 is 0. The lowest BCUT2D eigenvalue weighted by molar-refractivity contribution is 0.0785. The Morgan fingerprint density at radius 3 is 2.47 bits per heavy atom. The van der Waals surface area contributed by atoms with Gasteiger partial charge in [-0.2, -0.15) is 0 Å². The topological polar surface area (TPSA) is 83.6 Å². The van der Waals surface area contributed by atoms with E-state index in [0.717, 1.165) is 11.3 Å². The Balaban J connectivity index is 1.77. The lowest BCUT2D eigenvalue weighted by atomic mass is 10.1. The Labute approximate surface area is 175 Å². The highest BCUT2D eigenvalue weighted by molar-refractivity contribution is 5.99. The van der Waals surface area contributed by atoms with Crippen LogP contribution >= 0.6 is 0 Å². The minimum atomic E-state index is -0.170. The number of hydrogen-bond donors (Lipinski definition) is 2. The molecule has 0 bridgehead atoms. The van der Waals surface area contributed by atoms with E-state index >= 15 is 0 Å². The highest BCUT2D eigenvalue weighted by Gasteiger charge is 2.18. The second kappa shape index (κ2) is 9.56. The van der Waals surface area contributed by atoms with Crippen molar-refractivity contribution in [3.63, 3.8) is 0 Å². The SMILES string of the molecule is CNC(=O)c1ccc(CN(C)C(=O)c2cccnc2Nc2ccccc2OC)cc1. The summed E-state index contributed by atoms with van der Waals surface area (Å²) in [5.74, 6) is 0.796. The molecule has 2 N–H and O–H groups in total. The molecule has 0 aliphatic rings. The van der Waals surface area contributed by atoms with E-state index in [1.807, 2.05) is 36.4 Å². The number of methoxy groups -OCH3 is 1. The van der Waals surface area contributed by atoms with Crippen LogP contribution in [-0.4, -0.2) is 42.9 Å². The molecule has 3 rings (SSSR count). The van der Waals surface area contributed by atoms with E-state index in [1.165, 1.54) is 0 Å². The zero-order chi connectivity index (χ0) is 21.5. The number of nitrogens with zero attached hydrogens (tertiary/aromatic N) is 2. The normalized spacial score (nSPS) is 10.2. The third-order valence-corrected chi connectivity index (χ3v) is 4.61. The number of benzene rings is 2. The summed E-state index contributed by atoms with van der Waals surface area (Å²) < 4.78 is 5.36. The molecule has 0 saturated heterocycles. The maximum Gasteiger partial charge on any atom is 0.257 e. The molecule has 0 aliphatic carbocycles. The van der Waals surface area contributed by atoms with E-state index in [4.69, 9.17) is 4.74 Å². The van der Waals surface area contributed by atoms with Gasteiger partial charge in [0.1, 0.15) is 11.6 Å². The quantitative estimate of drug-likeness (QED) is 0.630. The van der Waals surface area contributed by atoms with Crippen LogP contribution in [-0.2, 0) is 6.54 Å². The first-order valence-electron chi connectivity index (χ1n) is 9.45. The van der Waals surface area contributed by atoms with E-state index in [-0.39, 0.29) is 11.8 Å². The fraction of sp³-hybridized carbons (Fsp3) is 0.174. The molecule has 7 heteroatoms. The number of aromatic nitrogens is 1. The van der Waals surface area contributed by atoms with Gasteiger partial charge in [0.2, 0.25) is 0 Å². The lowest BCUT2D eigenvalue weighted by Crippen LogP contribution is -2.27. The molecule has 0 saturated carbocycles. The molecule has 0 unspecified atom stereocenters. The van der Waals surface area contributed by atoms with Crippen LogP contribution in [0.5, 0.6) is 5.75 Å². The molecule has 0 radical (unpaired) electrons. The van der Waals surface area contributed by atoms with Crippen LogP contribution in [0.3, 0.4) is 0 Å². The number of para-hydroxylation sites is 2. The minimum absolute atomic E-state index is 0.145. The molecule has 2 aromatic carbocycles. The van der Waals surface area contributed by atoms with Gasteiger partial charge >= 0.3 is 0 Å². The number of pyridine rings is 1. The van der Waals surface area contributed by atoms with Crippen molar-refractivity contribution in [3.05, 3.63) is 83.6 Å². The first-order valence-corrected chi connectivity index (χ1v) is 9.45. The average Bonchev–Trinajstić information content (AvgIpc) is 2.79. The smallest absolute Gasteiger partial charge is 0.257 e. The second-order valence-electron chi connectivity index (χ2n) is 6.66. The molecular formula is C23H24N4O3. The Morgan fingerprint density at radius 1 is 1.03 bits per heavy atom. The summed E-state index contributed by atoms with van der Waals surface area (Å²) in [7, 11) is 4.91. The molecule has 0 aliphatic heterocycles. The van der Waals surface area contributed by atoms with Crippen LogP contribution in [0.25, 0.3) is 0 Å². The Kier molecular flexibility index (Phi) is 6.64. The molecule has 1 aromatic heterocycles. The van der Waals surface area contributed by atoms with Crippen LogP contribution in [0.15, 0.2) is 66.9 Å². The lowest BCUT2D eigenvalue weighted by Gasteiger charge is -2.20. The molecule has 1 heterocycles. The van der Waals surface area contributed by atoms with Gasteiger partial charge < -0.3 is 20.3 Å². The number of amides is 2. The Bertz CT molecular complexity index is 1030. The highest BCUT2D eigenvalue weighted by atomic mass is 16.5. The Hall–Kier alpha value is -3.87. The number of carbonyl (C=O) groups is 2. The number of hydrogen-bond acceptors (Lipinski definition) is 5. The summed E-state index contributed by atoms with van der Waals surface area (Å²) in [6.07, 6.45) is 1.63. The molecule has 0 fully saturated rings. The molecule has 2 amide bonds. The average molecular weight is 404 g/mol. The first-order chi connectivity index (χ1) is 14.5. The largest absolute Gasteiger partial charge is 0.495 e. The summed E-state index contributed by atoms with van der Waals surface area (Å²) in [6, 6.07) is 18.1. The van der Waals surface area contributed by atoms with Gasteiger partial charge in [-0.05, 0) is 42.0 Å². The van der Waals surface area contributed by atoms with Crippen LogP contribution in [0.1, 0.15) is 26.3 Å². The first kappa shape index (κ1) is 20.9. The van der Waals surface area contributed by atoms with Gasteiger partial charge in [0, 0.05) is 32.4 Å².